The summed E-state index contributed by atoms with van der Waals surface area (Å²) in [6.45, 7) is 8.21. The maximum Gasteiger partial charge on any atom is 0.500 e. The number of hydrogen-bond acceptors (Lipinski definition) is 14. The molecule has 0 spiro atoms. The zero-order chi connectivity index (χ0) is 60.3. The fraction of sp³-hybridized carbons (Fsp3) is 0.433. The first kappa shape index (κ1) is 77.0. The van der Waals surface area contributed by atoms with Gasteiger partial charge in [0, 0.05) is 121 Å². The van der Waals surface area contributed by atoms with Gasteiger partial charge in [0.25, 0.3) is 11.1 Å². The summed E-state index contributed by atoms with van der Waals surface area (Å²) < 4.78 is 59.8. The molecule has 1 N–H and O–H groups in total. The van der Waals surface area contributed by atoms with Crippen LogP contribution in [0.2, 0.25) is 30.7 Å². The van der Waals surface area contributed by atoms with Crippen molar-refractivity contribution in [3.63, 3.8) is 0 Å². The van der Waals surface area contributed by atoms with Crippen LogP contribution in [0.4, 0.5) is 0 Å². The zero-order valence-electron chi connectivity index (χ0n) is 48.1. The van der Waals surface area contributed by atoms with Crippen LogP contribution in [-0.4, -0.2) is 155 Å². The Hall–Kier alpha value is -7.22. The summed E-state index contributed by atoms with van der Waals surface area (Å²) in [5, 5.41) is 2.65. The first-order valence-corrected chi connectivity index (χ1v) is 32.5. The third-order valence-electron chi connectivity index (χ3n) is 9.80. The van der Waals surface area contributed by atoms with Gasteiger partial charge < -0.3 is 58.9 Å². The molecule has 0 aliphatic heterocycles. The molecule has 80 heavy (non-hydrogen) atoms. The number of amides is 1. The first-order valence-electron chi connectivity index (χ1n) is 23.8. The van der Waals surface area contributed by atoms with E-state index in [4.69, 9.17) is 60.3 Å². The van der Waals surface area contributed by atoms with Gasteiger partial charge in [0.2, 0.25) is 0 Å². The van der Waals surface area contributed by atoms with Crippen molar-refractivity contribution in [2.24, 2.45) is 0 Å². The van der Waals surface area contributed by atoms with E-state index in [1.165, 1.54) is 0 Å². The Balaban J connectivity index is -0.00000124. The zero-order valence-corrected chi connectivity index (χ0v) is 52.9. The molecule has 0 saturated heterocycles. The Kier molecular flexibility index (Phi) is 51.8. The third kappa shape index (κ3) is 42.8. The molecule has 0 unspecified atom stereocenters. The second-order valence-electron chi connectivity index (χ2n) is 14.4. The molecular formula is C60H67ClN2O13Si4. The van der Waals surface area contributed by atoms with Crippen LogP contribution in [0.3, 0.4) is 0 Å². The van der Waals surface area contributed by atoms with Crippen molar-refractivity contribution in [2.75, 3.05) is 104 Å². The summed E-state index contributed by atoms with van der Waals surface area (Å²) in [4.78, 5) is 24.7. The highest BCUT2D eigenvalue weighted by Crippen LogP contribution is 2.19. The highest BCUT2D eigenvalue weighted by atomic mass is 35.5. The lowest BCUT2D eigenvalue weighted by Crippen LogP contribution is -2.44. The topological polar surface area (TPSA) is 151 Å². The number of carbonyl (C=O) groups excluding carboxylic acids is 2. The van der Waals surface area contributed by atoms with E-state index >= 15 is 0 Å². The Bertz CT molecular complexity index is 2970. The van der Waals surface area contributed by atoms with Crippen LogP contribution < -0.4 is 5.32 Å². The van der Waals surface area contributed by atoms with Gasteiger partial charge in [-0.3, -0.25) is 9.59 Å². The highest BCUT2D eigenvalue weighted by molar-refractivity contribution is 6.68. The van der Waals surface area contributed by atoms with E-state index in [1.54, 1.807) is 97.0 Å². The molecule has 0 heterocycles. The van der Waals surface area contributed by atoms with Crippen molar-refractivity contribution in [2.45, 2.75) is 70.3 Å². The summed E-state index contributed by atoms with van der Waals surface area (Å²) in [5.41, 5.74) is 0. The van der Waals surface area contributed by atoms with Gasteiger partial charge in [-0.2, -0.15) is 0 Å². The van der Waals surface area contributed by atoms with Gasteiger partial charge in [-0.1, -0.05) is 11.8 Å². The minimum atomic E-state index is -2.76. The van der Waals surface area contributed by atoms with E-state index in [9.17, 15) is 9.59 Å². The molecule has 0 rings (SSSR count). The van der Waals surface area contributed by atoms with Crippen LogP contribution in [0.1, 0.15) is 39.5 Å². The maximum atomic E-state index is 12.8. The van der Waals surface area contributed by atoms with Crippen molar-refractivity contribution < 1.29 is 58.3 Å². The highest BCUT2D eigenvalue weighted by Gasteiger charge is 2.39. The Morgan fingerprint density at radius 3 is 0.875 bits per heavy atom. The van der Waals surface area contributed by atoms with Gasteiger partial charge in [0.15, 0.2) is 0 Å². The molecule has 418 valence electrons. The molecule has 1 amide bonds. The minimum Gasteiger partial charge on any atom is -0.398 e. The van der Waals surface area contributed by atoms with Crippen molar-refractivity contribution >= 4 is 57.7 Å². The minimum absolute atomic E-state index is 0.371. The van der Waals surface area contributed by atoms with Crippen LogP contribution in [-0.2, 0) is 58.3 Å². The van der Waals surface area contributed by atoms with E-state index in [0.717, 1.165) is 38.0 Å². The van der Waals surface area contributed by atoms with Gasteiger partial charge in [0.1, 0.15) is 0 Å². The van der Waals surface area contributed by atoms with Gasteiger partial charge in [-0.15, -0.1) is 0 Å². The average Bonchev–Trinajstić information content (AvgIpc) is 3.48. The quantitative estimate of drug-likeness (QED) is 0.0550. The van der Waals surface area contributed by atoms with Gasteiger partial charge in [-0.05, 0) is 243 Å². The van der Waals surface area contributed by atoms with Crippen LogP contribution in [0, 0.1) is 189 Å². The molecule has 0 radical (unpaired) electrons. The van der Waals surface area contributed by atoms with Crippen LogP contribution in [0.15, 0.2) is 0 Å². The second kappa shape index (κ2) is 53.8. The number of halogens is 1. The summed E-state index contributed by atoms with van der Waals surface area (Å²) in [6, 6.07) is 2.90. The molecule has 0 aliphatic carbocycles. The molecular weight excluding hydrogens is 1100 g/mol. The fourth-order valence-corrected chi connectivity index (χ4v) is 12.0. The number of hydrogen-bond donors (Lipinski definition) is 1. The van der Waals surface area contributed by atoms with E-state index in [2.05, 4.69) is 195 Å². The van der Waals surface area contributed by atoms with E-state index in [1.807, 2.05) is 5.92 Å². The maximum absolute atomic E-state index is 12.8. The van der Waals surface area contributed by atoms with E-state index < -0.39 is 40.2 Å². The largest absolute Gasteiger partial charge is 0.500 e. The number of rotatable bonds is 27. The molecule has 0 fully saturated rings. The Labute approximate surface area is 487 Å². The van der Waals surface area contributed by atoms with Gasteiger partial charge >= 0.3 is 35.0 Å². The van der Waals surface area contributed by atoms with Crippen molar-refractivity contribution in [1.82, 2.24) is 10.2 Å². The first-order chi connectivity index (χ1) is 38.7. The normalized spacial score (nSPS) is 8.89. The van der Waals surface area contributed by atoms with Gasteiger partial charge in [-0.25, -0.2) is 0 Å². The smallest absolute Gasteiger partial charge is 0.398 e. The Morgan fingerprint density at radius 1 is 0.362 bits per heavy atom. The van der Waals surface area contributed by atoms with Gasteiger partial charge in [0.05, 0.1) is 0 Å². The summed E-state index contributed by atoms with van der Waals surface area (Å²) in [5.74, 6) is 78.9. The molecule has 0 aliphatic rings. The number of carbonyl (C=O) groups is 2. The Morgan fingerprint density at radius 2 is 0.613 bits per heavy atom. The lowest BCUT2D eigenvalue weighted by molar-refractivity contribution is -0.125. The van der Waals surface area contributed by atoms with Crippen molar-refractivity contribution in [1.29, 1.82) is 0 Å². The monoisotopic (exact) mass is 1170 g/mol. The summed E-state index contributed by atoms with van der Waals surface area (Å²) in [6.07, 6.45) is 3.24. The predicted molar refractivity (Wildman–Crippen MR) is 320 cm³/mol. The lowest BCUT2D eigenvalue weighted by Gasteiger charge is -2.27. The molecule has 0 bridgehead atoms. The molecule has 0 aromatic heterocycles. The summed E-state index contributed by atoms with van der Waals surface area (Å²) in [7, 11) is 7.88. The predicted octanol–water partition coefficient (Wildman–Crippen LogP) is 3.80. The van der Waals surface area contributed by atoms with Crippen LogP contribution in [0.25, 0.3) is 0 Å². The molecule has 0 atom stereocenters. The molecule has 0 aromatic carbocycles. The second-order valence-corrected chi connectivity index (χ2v) is 27.6. The molecule has 15 nitrogen and oxygen atoms in total. The number of nitrogens with one attached hydrogen (secondary N) is 1. The molecule has 20 heteroatoms. The average molecular weight is 1170 g/mol. The number of nitrogens with zero attached hydrogens (tertiary/aromatic N) is 1. The third-order valence-corrected chi connectivity index (χ3v) is 21.4. The van der Waals surface area contributed by atoms with Crippen molar-refractivity contribution in [3.05, 3.63) is 0 Å². The standard InChI is InChI=1S/C30H33NO7Si2.C18H3ClO.C12H31NO5Si2/c1-8-9-10-11-12-13-14-15-16-17-18-19-20-21-22-25-30(32)31(26-23-28-39(33-2,34-3)35-4)27-24-29-40(36-5,37-6)38-7;1-2-3-4-5-6-7-8-9-10-11-12-13-14-15-16-17-18(19)20;1-14-19(6,15-2)11-7-9-13-10-8-12-20(16-3,17-4)18-5/h23-24,26-29H2,1-7H3;1H3;13H,7-12H2,1-6H3. The molecule has 0 saturated carbocycles. The fourth-order valence-electron chi connectivity index (χ4n) is 5.45. The molecule has 0 aromatic rings. The van der Waals surface area contributed by atoms with E-state index in [0.29, 0.717) is 38.0 Å². The van der Waals surface area contributed by atoms with E-state index in [-0.39, 0.29) is 5.91 Å². The van der Waals surface area contributed by atoms with Crippen LogP contribution >= 0.6 is 11.6 Å². The summed E-state index contributed by atoms with van der Waals surface area (Å²) >= 11 is 4.96. The SMILES string of the molecule is CC#CC#CC#CC#CC#CC#CC#CC#CC(=O)Cl.CC#CC#CC#CC#CC#CC#CC#CC#CC(=O)N(CCC[Si](OC)(OC)OC)CCC[Si](OC)(OC)OC.CO[Si](C)(CCCNCCC[Si](OC)(OC)OC)OC. The lowest BCUT2D eigenvalue weighted by atomic mass is 10.3. The van der Waals surface area contributed by atoms with Crippen LogP contribution in [0.5, 0.6) is 0 Å². The van der Waals surface area contributed by atoms with Crippen molar-refractivity contribution in [3.8, 4) is 189 Å².